The minimum Gasteiger partial charge on any atom is -0.459 e. The van der Waals surface area contributed by atoms with Gasteiger partial charge in [0, 0.05) is 19.0 Å². The van der Waals surface area contributed by atoms with Crippen molar-refractivity contribution in [2.75, 3.05) is 6.54 Å². The van der Waals surface area contributed by atoms with Crippen molar-refractivity contribution in [2.45, 2.75) is 39.3 Å². The van der Waals surface area contributed by atoms with Crippen molar-refractivity contribution in [3.05, 3.63) is 64.6 Å². The molecule has 0 aliphatic heterocycles. The molecule has 152 valence electrons. The number of hydrogen-bond acceptors (Lipinski definition) is 5. The topological polar surface area (TPSA) is 108 Å². The summed E-state index contributed by atoms with van der Waals surface area (Å²) in [4.78, 5) is 45.7. The fourth-order valence-electron chi connectivity index (χ4n) is 3.01. The van der Waals surface area contributed by atoms with Crippen molar-refractivity contribution in [2.24, 2.45) is 0 Å². The Labute approximate surface area is 167 Å². The molecular weight excluding hydrogens is 372 g/mol. The Kier molecular flexibility index (Phi) is 6.43. The fraction of sp³-hybridized carbons (Fsp3) is 0.333. The zero-order valence-electron chi connectivity index (χ0n) is 16.5. The van der Waals surface area contributed by atoms with Crippen molar-refractivity contribution in [1.29, 1.82) is 0 Å². The molecule has 0 unspecified atom stereocenters. The van der Waals surface area contributed by atoms with E-state index in [4.69, 9.17) is 4.42 Å². The molecule has 0 saturated heterocycles. The van der Waals surface area contributed by atoms with Crippen LogP contribution >= 0.6 is 0 Å². The van der Waals surface area contributed by atoms with E-state index >= 15 is 0 Å². The molecule has 0 spiro atoms. The lowest BCUT2D eigenvalue weighted by Gasteiger charge is -2.26. The standard InChI is InChI=1S/C21H24N4O4/c1-14(2)25(13-18-23-16-8-4-3-7-15(16)20(27)24-18)19(26)10-5-11-22-21(28)17-9-6-12-29-17/h3-4,6-9,12,14H,5,10-11,13H2,1-2H3,(H,22,28)(H,23,24,27). The molecule has 1 aromatic carbocycles. The monoisotopic (exact) mass is 396 g/mol. The molecule has 29 heavy (non-hydrogen) atoms. The Bertz CT molecular complexity index is 1040. The number of nitrogens with one attached hydrogen (secondary N) is 2. The molecule has 8 heteroatoms. The number of fused-ring (bicyclic) bond motifs is 1. The van der Waals surface area contributed by atoms with Gasteiger partial charge < -0.3 is 19.6 Å². The highest BCUT2D eigenvalue weighted by atomic mass is 16.3. The summed E-state index contributed by atoms with van der Waals surface area (Å²) < 4.78 is 5.03. The van der Waals surface area contributed by atoms with E-state index in [0.29, 0.717) is 29.7 Å². The average Bonchev–Trinajstić information content (AvgIpc) is 3.24. The molecule has 3 rings (SSSR count). The first-order valence-electron chi connectivity index (χ1n) is 9.55. The van der Waals surface area contributed by atoms with Gasteiger partial charge in [-0.25, -0.2) is 4.98 Å². The smallest absolute Gasteiger partial charge is 0.286 e. The molecule has 0 radical (unpaired) electrons. The first-order valence-corrected chi connectivity index (χ1v) is 9.55. The molecule has 0 atom stereocenters. The first kappa shape index (κ1) is 20.3. The molecule has 3 aromatic rings. The molecule has 0 aliphatic carbocycles. The molecule has 0 aliphatic rings. The van der Waals surface area contributed by atoms with Crippen LogP contribution in [0.1, 0.15) is 43.1 Å². The van der Waals surface area contributed by atoms with Crippen LogP contribution in [0.5, 0.6) is 0 Å². The highest BCUT2D eigenvalue weighted by Crippen LogP contribution is 2.11. The summed E-state index contributed by atoms with van der Waals surface area (Å²) in [6.45, 7) is 4.41. The average molecular weight is 396 g/mol. The van der Waals surface area contributed by atoms with Gasteiger partial charge in [0.25, 0.3) is 11.5 Å². The second-order valence-electron chi connectivity index (χ2n) is 6.98. The van der Waals surface area contributed by atoms with Gasteiger partial charge >= 0.3 is 0 Å². The summed E-state index contributed by atoms with van der Waals surface area (Å²) in [7, 11) is 0. The second-order valence-corrected chi connectivity index (χ2v) is 6.98. The fourth-order valence-corrected chi connectivity index (χ4v) is 3.01. The van der Waals surface area contributed by atoms with Crippen LogP contribution < -0.4 is 10.9 Å². The van der Waals surface area contributed by atoms with Crippen molar-refractivity contribution in [1.82, 2.24) is 20.2 Å². The molecule has 8 nitrogen and oxygen atoms in total. The van der Waals surface area contributed by atoms with Crippen LogP contribution in [0.4, 0.5) is 0 Å². The highest BCUT2D eigenvalue weighted by molar-refractivity contribution is 5.91. The molecule has 0 bridgehead atoms. The van der Waals surface area contributed by atoms with E-state index in [1.54, 1.807) is 35.2 Å². The number of para-hydroxylation sites is 1. The summed E-state index contributed by atoms with van der Waals surface area (Å²) in [6.07, 6.45) is 2.20. The highest BCUT2D eigenvalue weighted by Gasteiger charge is 2.19. The summed E-state index contributed by atoms with van der Waals surface area (Å²) in [5.41, 5.74) is 0.380. The van der Waals surface area contributed by atoms with Gasteiger partial charge in [-0.05, 0) is 44.5 Å². The summed E-state index contributed by atoms with van der Waals surface area (Å²) >= 11 is 0. The number of rotatable bonds is 8. The van der Waals surface area contributed by atoms with E-state index in [1.165, 1.54) is 6.26 Å². The predicted molar refractivity (Wildman–Crippen MR) is 108 cm³/mol. The lowest BCUT2D eigenvalue weighted by molar-refractivity contribution is -0.133. The van der Waals surface area contributed by atoms with E-state index in [9.17, 15) is 14.4 Å². The quantitative estimate of drug-likeness (QED) is 0.569. The Balaban J connectivity index is 1.58. The first-order chi connectivity index (χ1) is 14.0. The Morgan fingerprint density at radius 1 is 1.21 bits per heavy atom. The summed E-state index contributed by atoms with van der Waals surface area (Å²) in [5.74, 6) is 0.317. The Hall–Kier alpha value is -3.42. The van der Waals surface area contributed by atoms with Gasteiger partial charge in [0.15, 0.2) is 5.76 Å². The van der Waals surface area contributed by atoms with Crippen LogP contribution in [0.15, 0.2) is 51.9 Å². The maximum absolute atomic E-state index is 12.7. The Morgan fingerprint density at radius 2 is 2.00 bits per heavy atom. The molecule has 2 N–H and O–H groups in total. The van der Waals surface area contributed by atoms with Gasteiger partial charge in [-0.15, -0.1) is 0 Å². The number of amides is 2. The van der Waals surface area contributed by atoms with E-state index in [1.807, 2.05) is 19.9 Å². The number of nitrogens with zero attached hydrogens (tertiary/aromatic N) is 2. The van der Waals surface area contributed by atoms with Crippen molar-refractivity contribution in [3.63, 3.8) is 0 Å². The summed E-state index contributed by atoms with van der Waals surface area (Å²) in [6, 6.07) is 10.3. The molecule has 0 fully saturated rings. The number of benzene rings is 1. The van der Waals surface area contributed by atoms with Crippen LogP contribution in [-0.2, 0) is 11.3 Å². The number of aromatic amines is 1. The van der Waals surface area contributed by atoms with Crippen molar-refractivity contribution < 1.29 is 14.0 Å². The van der Waals surface area contributed by atoms with Gasteiger partial charge in [0.05, 0.1) is 23.7 Å². The number of aromatic nitrogens is 2. The van der Waals surface area contributed by atoms with Gasteiger partial charge in [-0.2, -0.15) is 0 Å². The third-order valence-electron chi connectivity index (χ3n) is 4.52. The SMILES string of the molecule is CC(C)N(Cc1nc2ccccc2c(=O)[nH]1)C(=O)CCCNC(=O)c1ccco1. The van der Waals surface area contributed by atoms with Crippen LogP contribution in [-0.4, -0.2) is 39.3 Å². The number of H-pyrrole nitrogens is 1. The third kappa shape index (κ3) is 5.10. The van der Waals surface area contributed by atoms with Crippen LogP contribution in [0.3, 0.4) is 0 Å². The van der Waals surface area contributed by atoms with E-state index in [-0.39, 0.29) is 42.1 Å². The van der Waals surface area contributed by atoms with Gasteiger partial charge in [0.1, 0.15) is 5.82 Å². The molecule has 2 amide bonds. The normalized spacial score (nSPS) is 11.0. The number of carbonyl (C=O) groups excluding carboxylic acids is 2. The second kappa shape index (κ2) is 9.18. The van der Waals surface area contributed by atoms with Crippen molar-refractivity contribution >= 4 is 22.7 Å². The number of furan rings is 1. The number of hydrogen-bond donors (Lipinski definition) is 2. The largest absolute Gasteiger partial charge is 0.459 e. The van der Waals surface area contributed by atoms with Gasteiger partial charge in [0.2, 0.25) is 5.91 Å². The Morgan fingerprint density at radius 3 is 2.72 bits per heavy atom. The number of carbonyl (C=O) groups is 2. The van der Waals surface area contributed by atoms with E-state index < -0.39 is 0 Å². The molecule has 2 aromatic heterocycles. The van der Waals surface area contributed by atoms with Crippen LogP contribution in [0.25, 0.3) is 10.9 Å². The van der Waals surface area contributed by atoms with Gasteiger partial charge in [-0.3, -0.25) is 14.4 Å². The maximum atomic E-state index is 12.7. The zero-order valence-corrected chi connectivity index (χ0v) is 16.5. The van der Waals surface area contributed by atoms with Crippen molar-refractivity contribution in [3.8, 4) is 0 Å². The van der Waals surface area contributed by atoms with Gasteiger partial charge in [-0.1, -0.05) is 12.1 Å². The van der Waals surface area contributed by atoms with Crippen LogP contribution in [0.2, 0.25) is 0 Å². The molecular formula is C21H24N4O4. The predicted octanol–water partition coefficient (Wildman–Crippen LogP) is 2.46. The minimum absolute atomic E-state index is 0.0583. The van der Waals surface area contributed by atoms with Crippen LogP contribution in [0, 0.1) is 0 Å². The molecule has 2 heterocycles. The minimum atomic E-state index is -0.305. The third-order valence-corrected chi connectivity index (χ3v) is 4.52. The maximum Gasteiger partial charge on any atom is 0.286 e. The zero-order chi connectivity index (χ0) is 20.8. The van der Waals surface area contributed by atoms with E-state index in [0.717, 1.165) is 0 Å². The molecule has 0 saturated carbocycles. The van der Waals surface area contributed by atoms with E-state index in [2.05, 4.69) is 15.3 Å². The lowest BCUT2D eigenvalue weighted by atomic mass is 10.2. The lowest BCUT2D eigenvalue weighted by Crippen LogP contribution is -2.37. The summed E-state index contributed by atoms with van der Waals surface area (Å²) in [5, 5.41) is 3.24.